The van der Waals surface area contributed by atoms with E-state index in [1.165, 1.54) is 23.0 Å². The van der Waals surface area contributed by atoms with Crippen molar-refractivity contribution in [3.05, 3.63) is 48.0 Å². The number of fused-ring (bicyclic) bond motifs is 1. The topological polar surface area (TPSA) is 93.6 Å². The van der Waals surface area contributed by atoms with E-state index in [2.05, 4.69) is 24.0 Å². The number of hydrogen-bond donors (Lipinski definition) is 1. The third-order valence-electron chi connectivity index (χ3n) is 5.48. The van der Waals surface area contributed by atoms with E-state index in [4.69, 9.17) is 4.74 Å². The van der Waals surface area contributed by atoms with Crippen molar-refractivity contribution in [3.8, 4) is 10.6 Å². The molecule has 0 aliphatic carbocycles. The van der Waals surface area contributed by atoms with Crippen LogP contribution in [-0.4, -0.2) is 42.4 Å². The minimum atomic E-state index is -4.08. The summed E-state index contributed by atoms with van der Waals surface area (Å²) in [5.41, 5.74) is 2.90. The Morgan fingerprint density at radius 3 is 2.48 bits per heavy atom. The molecule has 0 atom stereocenters. The highest BCUT2D eigenvalue weighted by molar-refractivity contribution is 7.93. The lowest BCUT2D eigenvalue weighted by Crippen LogP contribution is -2.50. The maximum Gasteiger partial charge on any atom is 0.325 e. The van der Waals surface area contributed by atoms with Gasteiger partial charge in [0, 0.05) is 31.6 Å². The van der Waals surface area contributed by atoms with Gasteiger partial charge in [0.1, 0.15) is 5.01 Å². The predicted molar refractivity (Wildman–Crippen MR) is 112 cm³/mol. The third-order valence-corrected chi connectivity index (χ3v) is 9.04. The predicted octanol–water partition coefficient (Wildman–Crippen LogP) is 3.93. The number of hydrogen-bond acceptors (Lipinski definition) is 6. The van der Waals surface area contributed by atoms with Crippen LogP contribution in [0.5, 0.6) is 0 Å². The minimum Gasteiger partial charge on any atom is -0.480 e. The standard InChI is InChI=1S/C21H21NO5S2/c1-2-14-3-5-15(6-4-14)19-22-17-8-7-16(13-18(17)28-19)29(25,26)21(20(23)24)9-11-27-12-10-21/h3-8,13H,2,9-12H2,1H3,(H,23,24). The summed E-state index contributed by atoms with van der Waals surface area (Å²) in [4.78, 5) is 16.6. The molecule has 8 heteroatoms. The van der Waals surface area contributed by atoms with Crippen molar-refractivity contribution in [2.24, 2.45) is 0 Å². The van der Waals surface area contributed by atoms with E-state index in [1.807, 2.05) is 12.1 Å². The first-order chi connectivity index (χ1) is 13.9. The van der Waals surface area contributed by atoms with Crippen LogP contribution in [0.4, 0.5) is 0 Å². The molecule has 29 heavy (non-hydrogen) atoms. The lowest BCUT2D eigenvalue weighted by molar-refractivity contribution is -0.142. The van der Waals surface area contributed by atoms with Gasteiger partial charge < -0.3 is 9.84 Å². The van der Waals surface area contributed by atoms with Crippen molar-refractivity contribution in [3.63, 3.8) is 0 Å². The molecular formula is C21H21NO5S2. The molecule has 0 bridgehead atoms. The Bertz CT molecular complexity index is 1160. The molecule has 1 fully saturated rings. The fourth-order valence-electron chi connectivity index (χ4n) is 3.60. The summed E-state index contributed by atoms with van der Waals surface area (Å²) in [6.45, 7) is 2.33. The van der Waals surface area contributed by atoms with E-state index in [0.717, 1.165) is 17.0 Å². The van der Waals surface area contributed by atoms with Gasteiger partial charge in [-0.3, -0.25) is 4.79 Å². The van der Waals surface area contributed by atoms with Crippen molar-refractivity contribution < 1.29 is 23.1 Å². The maximum atomic E-state index is 13.3. The lowest BCUT2D eigenvalue weighted by Gasteiger charge is -2.32. The van der Waals surface area contributed by atoms with Crippen molar-refractivity contribution in [2.75, 3.05) is 13.2 Å². The number of carbonyl (C=O) groups is 1. The normalized spacial score (nSPS) is 16.7. The van der Waals surface area contributed by atoms with E-state index in [9.17, 15) is 18.3 Å². The summed E-state index contributed by atoms with van der Waals surface area (Å²) < 4.78 is 30.7. The van der Waals surface area contributed by atoms with Gasteiger partial charge in [-0.05, 0) is 30.2 Å². The van der Waals surface area contributed by atoms with Crippen LogP contribution in [0.3, 0.4) is 0 Å². The number of sulfone groups is 1. The van der Waals surface area contributed by atoms with Gasteiger partial charge in [0.25, 0.3) is 0 Å². The zero-order valence-corrected chi connectivity index (χ0v) is 17.6. The monoisotopic (exact) mass is 431 g/mol. The van der Waals surface area contributed by atoms with Gasteiger partial charge in [-0.1, -0.05) is 31.2 Å². The summed E-state index contributed by atoms with van der Waals surface area (Å²) in [5.74, 6) is -1.32. The smallest absolute Gasteiger partial charge is 0.325 e. The van der Waals surface area contributed by atoms with Crippen molar-refractivity contribution in [1.82, 2.24) is 4.98 Å². The molecule has 2 aromatic carbocycles. The molecule has 0 saturated carbocycles. The van der Waals surface area contributed by atoms with E-state index in [1.54, 1.807) is 12.1 Å². The second-order valence-electron chi connectivity index (χ2n) is 7.11. The van der Waals surface area contributed by atoms with Gasteiger partial charge in [0.05, 0.1) is 15.1 Å². The number of aryl methyl sites for hydroxylation is 1. The van der Waals surface area contributed by atoms with Gasteiger partial charge in [0.15, 0.2) is 14.6 Å². The zero-order chi connectivity index (χ0) is 20.6. The van der Waals surface area contributed by atoms with Crippen LogP contribution in [0.1, 0.15) is 25.3 Å². The van der Waals surface area contributed by atoms with Crippen LogP contribution in [0.15, 0.2) is 47.4 Å². The van der Waals surface area contributed by atoms with Gasteiger partial charge in [-0.2, -0.15) is 0 Å². The van der Waals surface area contributed by atoms with E-state index >= 15 is 0 Å². The maximum absolute atomic E-state index is 13.3. The van der Waals surface area contributed by atoms with Crippen LogP contribution >= 0.6 is 11.3 Å². The molecular weight excluding hydrogens is 410 g/mol. The number of ether oxygens (including phenoxy) is 1. The molecule has 1 saturated heterocycles. The van der Waals surface area contributed by atoms with Crippen molar-refractivity contribution in [1.29, 1.82) is 0 Å². The Kier molecular flexibility index (Phi) is 5.18. The SMILES string of the molecule is CCc1ccc(-c2nc3ccc(S(=O)(=O)C4(C(=O)O)CCOCC4)cc3s2)cc1. The van der Waals surface area contributed by atoms with Crippen LogP contribution in [-0.2, 0) is 25.8 Å². The molecule has 3 aromatic rings. The first kappa shape index (κ1) is 20.0. The van der Waals surface area contributed by atoms with Crippen LogP contribution in [0.25, 0.3) is 20.8 Å². The van der Waals surface area contributed by atoms with E-state index in [-0.39, 0.29) is 31.0 Å². The molecule has 6 nitrogen and oxygen atoms in total. The van der Waals surface area contributed by atoms with Gasteiger partial charge in [-0.25, -0.2) is 13.4 Å². The zero-order valence-electron chi connectivity index (χ0n) is 15.9. The molecule has 0 unspecified atom stereocenters. The summed E-state index contributed by atoms with van der Waals surface area (Å²) in [7, 11) is -4.08. The van der Waals surface area contributed by atoms with E-state index in [0.29, 0.717) is 10.2 Å². The molecule has 0 amide bonds. The largest absolute Gasteiger partial charge is 0.480 e. The molecule has 152 valence electrons. The molecule has 2 heterocycles. The second-order valence-corrected chi connectivity index (χ2v) is 10.4. The number of benzene rings is 2. The number of aromatic nitrogens is 1. The summed E-state index contributed by atoms with van der Waals surface area (Å²) in [6, 6.07) is 12.8. The van der Waals surface area contributed by atoms with Crippen LogP contribution in [0.2, 0.25) is 0 Å². The Morgan fingerprint density at radius 1 is 1.17 bits per heavy atom. The molecule has 0 spiro atoms. The van der Waals surface area contributed by atoms with Gasteiger partial charge in [-0.15, -0.1) is 11.3 Å². The van der Waals surface area contributed by atoms with Gasteiger partial charge >= 0.3 is 5.97 Å². The Hall–Kier alpha value is -2.29. The van der Waals surface area contributed by atoms with Gasteiger partial charge in [0.2, 0.25) is 0 Å². The Balaban J connectivity index is 1.76. The summed E-state index contributed by atoms with van der Waals surface area (Å²) in [6.07, 6.45) is 0.846. The fourth-order valence-corrected chi connectivity index (χ4v) is 6.59. The molecule has 1 N–H and O–H groups in total. The van der Waals surface area contributed by atoms with Crippen molar-refractivity contribution in [2.45, 2.75) is 35.8 Å². The Labute approximate surface area is 173 Å². The lowest BCUT2D eigenvalue weighted by atomic mass is 9.99. The Morgan fingerprint density at radius 2 is 1.86 bits per heavy atom. The first-order valence-electron chi connectivity index (χ1n) is 9.43. The quantitative estimate of drug-likeness (QED) is 0.658. The van der Waals surface area contributed by atoms with Crippen LogP contribution in [0, 0.1) is 0 Å². The molecule has 1 aromatic heterocycles. The number of aliphatic carboxylic acids is 1. The summed E-state index contributed by atoms with van der Waals surface area (Å²) in [5, 5.41) is 10.6. The highest BCUT2D eigenvalue weighted by atomic mass is 32.2. The molecule has 1 aliphatic rings. The average molecular weight is 432 g/mol. The first-order valence-corrected chi connectivity index (χ1v) is 11.7. The number of rotatable bonds is 5. The molecule has 1 aliphatic heterocycles. The third kappa shape index (κ3) is 3.35. The number of carboxylic acids is 1. The second kappa shape index (κ2) is 7.51. The van der Waals surface area contributed by atoms with Crippen LogP contribution < -0.4 is 0 Å². The number of nitrogens with zero attached hydrogens (tertiary/aromatic N) is 1. The number of thiazole rings is 1. The summed E-state index contributed by atoms with van der Waals surface area (Å²) >= 11 is 1.40. The fraction of sp³-hybridized carbons (Fsp3) is 0.333. The highest BCUT2D eigenvalue weighted by Gasteiger charge is 2.52. The highest BCUT2D eigenvalue weighted by Crippen LogP contribution is 2.38. The molecule has 0 radical (unpaired) electrons. The molecule has 4 rings (SSSR count). The minimum absolute atomic E-state index is 0.0193. The van der Waals surface area contributed by atoms with E-state index < -0.39 is 20.6 Å². The number of carboxylic acid groups (broad SMARTS) is 1. The average Bonchev–Trinajstić information content (AvgIpc) is 3.17. The van der Waals surface area contributed by atoms with Crippen molar-refractivity contribution >= 4 is 37.4 Å².